The van der Waals surface area contributed by atoms with Crippen molar-refractivity contribution in [2.75, 3.05) is 13.2 Å². The number of hydrogen-bond donors (Lipinski definition) is 0. The van der Waals surface area contributed by atoms with Crippen molar-refractivity contribution in [3.63, 3.8) is 0 Å². The summed E-state index contributed by atoms with van der Waals surface area (Å²) in [5.41, 5.74) is -1.14. The second kappa shape index (κ2) is 8.11. The summed E-state index contributed by atoms with van der Waals surface area (Å²) >= 11 is 0. The summed E-state index contributed by atoms with van der Waals surface area (Å²) in [6.45, 7) is 9.03. The van der Waals surface area contributed by atoms with Gasteiger partial charge in [-0.15, -0.1) is 0 Å². The molecule has 0 aromatic rings. The number of epoxide rings is 2. The Balaban J connectivity index is 1.78. The Morgan fingerprint density at radius 3 is 2.48 bits per heavy atom. The van der Waals surface area contributed by atoms with Gasteiger partial charge in [-0.2, -0.15) is 0 Å². The number of esters is 4. The second-order valence-corrected chi connectivity index (χ2v) is 8.88. The Hall–Kier alpha value is -2.98. The lowest BCUT2D eigenvalue weighted by atomic mass is 9.85. The third-order valence-corrected chi connectivity index (χ3v) is 6.14. The first-order valence-corrected chi connectivity index (χ1v) is 10.6. The van der Waals surface area contributed by atoms with Gasteiger partial charge in [-0.25, -0.2) is 9.59 Å². The van der Waals surface area contributed by atoms with Crippen molar-refractivity contribution in [3.05, 3.63) is 35.5 Å². The van der Waals surface area contributed by atoms with E-state index in [-0.39, 0.29) is 30.8 Å². The van der Waals surface area contributed by atoms with Crippen LogP contribution in [0.15, 0.2) is 35.5 Å². The molecule has 33 heavy (non-hydrogen) atoms. The van der Waals surface area contributed by atoms with Crippen LogP contribution in [-0.2, 0) is 47.6 Å². The maximum Gasteiger partial charge on any atom is 0.338 e. The van der Waals surface area contributed by atoms with Crippen molar-refractivity contribution in [3.8, 4) is 0 Å². The highest BCUT2D eigenvalue weighted by atomic mass is 16.7. The molecule has 10 heteroatoms. The minimum Gasteiger partial charge on any atom is -0.463 e. The van der Waals surface area contributed by atoms with Gasteiger partial charge in [-0.05, 0) is 13.8 Å². The lowest BCUT2D eigenvalue weighted by Gasteiger charge is -2.26. The van der Waals surface area contributed by atoms with E-state index in [4.69, 9.17) is 28.4 Å². The van der Waals surface area contributed by atoms with E-state index < -0.39 is 59.5 Å². The Bertz CT molecular complexity index is 993. The third kappa shape index (κ3) is 4.45. The molecular weight excluding hydrogens is 436 g/mol. The molecule has 4 aliphatic rings. The molecule has 0 aromatic carbocycles. The molecule has 10 nitrogen and oxygen atoms in total. The zero-order valence-electron chi connectivity index (χ0n) is 18.9. The molecular formula is C23H26O10. The van der Waals surface area contributed by atoms with Crippen LogP contribution in [0.2, 0.25) is 0 Å². The SMILES string of the molecule is C=C(C)C(=O)O[C@H]1C[C@@]2(COC(C)=O)O[C@H]2/C=C\[C@@]2(C)O[C@@H]2[C@H]2OC(=O)C(COC(C)=O)=C12. The molecule has 4 rings (SSSR count). The number of rotatable bonds is 6. The highest BCUT2D eigenvalue weighted by Crippen LogP contribution is 2.52. The summed E-state index contributed by atoms with van der Waals surface area (Å²) < 4.78 is 33.4. The van der Waals surface area contributed by atoms with Crippen LogP contribution >= 0.6 is 0 Å². The van der Waals surface area contributed by atoms with Gasteiger partial charge in [-0.1, -0.05) is 18.7 Å². The maximum atomic E-state index is 12.8. The zero-order chi connectivity index (χ0) is 24.1. The molecule has 2 saturated heterocycles. The topological polar surface area (TPSA) is 130 Å². The quantitative estimate of drug-likeness (QED) is 0.186. The lowest BCUT2D eigenvalue weighted by Crippen LogP contribution is -2.38. The first kappa shape index (κ1) is 23.2. The standard InChI is InChI=1S/C23H26O10/c1-11(2)20(26)30-15-8-23(10-29-13(4)25)16(32-23)6-7-22(5)19(33-22)18-17(15)14(21(27)31-18)9-28-12(3)24/h6-7,15-16,18-19H,1,8-10H2,2-5H3/b7-6-/t15-,16-,18-,19+,22+,23-/m0/s1. The first-order valence-electron chi connectivity index (χ1n) is 10.6. The Kier molecular flexibility index (Phi) is 5.69. The Morgan fingerprint density at radius 1 is 1.15 bits per heavy atom. The van der Waals surface area contributed by atoms with Crippen LogP contribution in [0, 0.1) is 0 Å². The van der Waals surface area contributed by atoms with Crippen molar-refractivity contribution in [2.45, 2.75) is 69.7 Å². The molecule has 1 aliphatic carbocycles. The van der Waals surface area contributed by atoms with Crippen LogP contribution in [0.4, 0.5) is 0 Å². The van der Waals surface area contributed by atoms with Gasteiger partial charge in [0.2, 0.25) is 0 Å². The zero-order valence-corrected chi connectivity index (χ0v) is 18.9. The molecule has 3 aliphatic heterocycles. The van der Waals surface area contributed by atoms with Crippen LogP contribution in [0.3, 0.4) is 0 Å². The van der Waals surface area contributed by atoms with Gasteiger partial charge in [0.05, 0.1) is 5.57 Å². The predicted molar refractivity (Wildman–Crippen MR) is 110 cm³/mol. The molecule has 0 N–H and O–H groups in total. The summed E-state index contributed by atoms with van der Waals surface area (Å²) in [6, 6.07) is 0. The largest absolute Gasteiger partial charge is 0.463 e. The number of fused-ring (bicyclic) bond motifs is 4. The Labute approximate surface area is 190 Å². The summed E-state index contributed by atoms with van der Waals surface area (Å²) in [7, 11) is 0. The van der Waals surface area contributed by atoms with E-state index in [9.17, 15) is 19.2 Å². The molecule has 0 amide bonds. The lowest BCUT2D eigenvalue weighted by molar-refractivity contribution is -0.147. The summed E-state index contributed by atoms with van der Waals surface area (Å²) in [5.74, 6) is -2.43. The van der Waals surface area contributed by atoms with E-state index in [0.717, 1.165) is 0 Å². The number of carbonyl (C=O) groups is 4. The molecule has 178 valence electrons. The van der Waals surface area contributed by atoms with E-state index in [1.54, 1.807) is 0 Å². The molecule has 0 bridgehead atoms. The van der Waals surface area contributed by atoms with Crippen molar-refractivity contribution in [1.82, 2.24) is 0 Å². The van der Waals surface area contributed by atoms with Crippen molar-refractivity contribution in [1.29, 1.82) is 0 Å². The first-order chi connectivity index (χ1) is 15.5. The van der Waals surface area contributed by atoms with E-state index >= 15 is 0 Å². The molecule has 0 saturated carbocycles. The molecule has 3 heterocycles. The molecule has 6 atom stereocenters. The highest BCUT2D eigenvalue weighted by molar-refractivity contribution is 5.94. The smallest absolute Gasteiger partial charge is 0.338 e. The molecule has 0 unspecified atom stereocenters. The van der Waals surface area contributed by atoms with Crippen LogP contribution < -0.4 is 0 Å². The predicted octanol–water partition coefficient (Wildman–Crippen LogP) is 1.08. The Morgan fingerprint density at radius 2 is 1.85 bits per heavy atom. The minimum atomic E-state index is -1.00. The fraction of sp³-hybridized carbons (Fsp3) is 0.565. The fourth-order valence-electron chi connectivity index (χ4n) is 4.23. The van der Waals surface area contributed by atoms with E-state index in [1.165, 1.54) is 20.8 Å². The van der Waals surface area contributed by atoms with Crippen LogP contribution in [0.1, 0.15) is 34.1 Å². The van der Waals surface area contributed by atoms with Crippen LogP contribution in [0.25, 0.3) is 0 Å². The summed E-state index contributed by atoms with van der Waals surface area (Å²) in [6.07, 6.45) is 0.910. The van der Waals surface area contributed by atoms with Gasteiger partial charge in [0.15, 0.2) is 6.10 Å². The third-order valence-electron chi connectivity index (χ3n) is 6.14. The monoisotopic (exact) mass is 462 g/mol. The number of ether oxygens (including phenoxy) is 6. The second-order valence-electron chi connectivity index (χ2n) is 8.88. The number of hydrogen-bond acceptors (Lipinski definition) is 10. The van der Waals surface area contributed by atoms with Gasteiger partial charge < -0.3 is 28.4 Å². The molecule has 0 spiro atoms. The highest BCUT2D eigenvalue weighted by Gasteiger charge is 2.65. The van der Waals surface area contributed by atoms with E-state index in [1.807, 2.05) is 19.1 Å². The van der Waals surface area contributed by atoms with Crippen LogP contribution in [-0.4, -0.2) is 72.7 Å². The maximum absolute atomic E-state index is 12.8. The summed E-state index contributed by atoms with van der Waals surface area (Å²) in [5, 5.41) is 0. The van der Waals surface area contributed by atoms with E-state index in [0.29, 0.717) is 5.57 Å². The minimum absolute atomic E-state index is 0.0732. The van der Waals surface area contributed by atoms with Crippen molar-refractivity contribution >= 4 is 23.9 Å². The summed E-state index contributed by atoms with van der Waals surface area (Å²) in [4.78, 5) is 48.2. The van der Waals surface area contributed by atoms with Gasteiger partial charge in [0, 0.05) is 31.4 Å². The van der Waals surface area contributed by atoms with E-state index in [2.05, 4.69) is 6.58 Å². The van der Waals surface area contributed by atoms with Gasteiger partial charge in [-0.3, -0.25) is 9.59 Å². The van der Waals surface area contributed by atoms with Gasteiger partial charge >= 0.3 is 23.9 Å². The average molecular weight is 462 g/mol. The normalized spacial score (nSPS) is 36.9. The van der Waals surface area contributed by atoms with Crippen LogP contribution in [0.5, 0.6) is 0 Å². The average Bonchev–Trinajstić information content (AvgIpc) is 3.57. The fourth-order valence-corrected chi connectivity index (χ4v) is 4.23. The molecule has 2 fully saturated rings. The molecule has 0 radical (unpaired) electrons. The molecule has 0 aromatic heterocycles. The van der Waals surface area contributed by atoms with Crippen molar-refractivity contribution < 1.29 is 47.6 Å². The van der Waals surface area contributed by atoms with Crippen molar-refractivity contribution in [2.24, 2.45) is 0 Å². The van der Waals surface area contributed by atoms with Gasteiger partial charge in [0.25, 0.3) is 0 Å². The number of carbonyl (C=O) groups excluding carboxylic acids is 4. The van der Waals surface area contributed by atoms with Gasteiger partial charge in [0.1, 0.15) is 42.7 Å².